The maximum absolute atomic E-state index is 8.02. The van der Waals surface area contributed by atoms with E-state index in [0.717, 1.165) is 0 Å². The van der Waals surface area contributed by atoms with E-state index in [9.17, 15) is 0 Å². The summed E-state index contributed by atoms with van der Waals surface area (Å²) in [5, 5.41) is 4.29. The highest BCUT2D eigenvalue weighted by Crippen LogP contribution is 2.19. The molecule has 1 rings (SSSR count). The van der Waals surface area contributed by atoms with Gasteiger partial charge in [-0.1, -0.05) is 34.4 Å². The van der Waals surface area contributed by atoms with E-state index >= 15 is 0 Å². The van der Waals surface area contributed by atoms with E-state index in [1.807, 2.05) is 0 Å². The lowest BCUT2D eigenvalue weighted by Crippen LogP contribution is -1.82. The van der Waals surface area contributed by atoms with Crippen molar-refractivity contribution in [3.8, 4) is 0 Å². The standard InChI is InChI=1S/C8H6Cl2N4/c9-6-4-7(10)8(12-5-6)2-1-3-13-14-11/h1-2,4-5H,3H2. The summed E-state index contributed by atoms with van der Waals surface area (Å²) in [4.78, 5) is 6.59. The highest BCUT2D eigenvalue weighted by Gasteiger charge is 1.97. The summed E-state index contributed by atoms with van der Waals surface area (Å²) in [5.74, 6) is 0. The van der Waals surface area contributed by atoms with Crippen molar-refractivity contribution >= 4 is 29.3 Å². The van der Waals surface area contributed by atoms with Crippen LogP contribution in [-0.4, -0.2) is 11.5 Å². The Bertz CT molecular complexity index is 396. The van der Waals surface area contributed by atoms with Gasteiger partial charge in [-0.15, -0.1) is 0 Å². The number of aromatic nitrogens is 1. The summed E-state index contributed by atoms with van der Waals surface area (Å²) in [6.45, 7) is 0.275. The molecule has 6 heteroatoms. The lowest BCUT2D eigenvalue weighted by atomic mass is 10.3. The zero-order valence-electron chi connectivity index (χ0n) is 7.06. The van der Waals surface area contributed by atoms with Crippen LogP contribution < -0.4 is 0 Å². The number of hydrogen-bond donors (Lipinski definition) is 0. The molecule has 0 fully saturated rings. The molecule has 72 valence electrons. The second-order valence-corrected chi connectivity index (χ2v) is 3.18. The minimum atomic E-state index is 0.275. The van der Waals surface area contributed by atoms with Crippen molar-refractivity contribution < 1.29 is 0 Å². The molecule has 0 aliphatic heterocycles. The smallest absolute Gasteiger partial charge is 0.0813 e. The fourth-order valence-corrected chi connectivity index (χ4v) is 1.24. The minimum absolute atomic E-state index is 0.275. The van der Waals surface area contributed by atoms with Crippen LogP contribution in [0.2, 0.25) is 10.0 Å². The number of pyridine rings is 1. The van der Waals surface area contributed by atoms with Gasteiger partial charge in [-0.2, -0.15) is 0 Å². The Morgan fingerprint density at radius 1 is 1.57 bits per heavy atom. The number of rotatable bonds is 3. The third kappa shape index (κ3) is 3.26. The van der Waals surface area contributed by atoms with Gasteiger partial charge in [-0.3, -0.25) is 4.98 Å². The molecule has 0 aliphatic rings. The predicted octanol–water partition coefficient (Wildman–Crippen LogP) is 3.71. The van der Waals surface area contributed by atoms with Gasteiger partial charge >= 0.3 is 0 Å². The molecule has 0 atom stereocenters. The summed E-state index contributed by atoms with van der Waals surface area (Å²) in [5.41, 5.74) is 8.62. The molecule has 0 N–H and O–H groups in total. The molecule has 1 aromatic heterocycles. The van der Waals surface area contributed by atoms with Crippen molar-refractivity contribution in [1.82, 2.24) is 4.98 Å². The van der Waals surface area contributed by atoms with E-state index in [1.54, 1.807) is 18.2 Å². The average Bonchev–Trinajstić information content (AvgIpc) is 2.15. The lowest BCUT2D eigenvalue weighted by molar-refractivity contribution is 1.21. The van der Waals surface area contributed by atoms with Gasteiger partial charge in [0.1, 0.15) is 0 Å². The summed E-state index contributed by atoms with van der Waals surface area (Å²) in [6.07, 6.45) is 4.84. The van der Waals surface area contributed by atoms with Gasteiger partial charge in [0.05, 0.1) is 15.7 Å². The molecular weight excluding hydrogens is 223 g/mol. The molecule has 4 nitrogen and oxygen atoms in total. The van der Waals surface area contributed by atoms with Crippen molar-refractivity contribution in [2.24, 2.45) is 5.11 Å². The largest absolute Gasteiger partial charge is 0.254 e. The fraction of sp³-hybridized carbons (Fsp3) is 0.125. The molecule has 0 spiro atoms. The Labute approximate surface area is 90.8 Å². The fourth-order valence-electron chi connectivity index (χ4n) is 0.796. The van der Waals surface area contributed by atoms with Gasteiger partial charge in [0.25, 0.3) is 0 Å². The zero-order valence-corrected chi connectivity index (χ0v) is 8.57. The molecule has 0 saturated heterocycles. The molecule has 0 unspecified atom stereocenters. The summed E-state index contributed by atoms with van der Waals surface area (Å²) in [7, 11) is 0. The van der Waals surface area contributed by atoms with Crippen molar-refractivity contribution in [2.45, 2.75) is 0 Å². The first-order valence-corrected chi connectivity index (χ1v) is 4.48. The van der Waals surface area contributed by atoms with Crippen LogP contribution in [0.5, 0.6) is 0 Å². The van der Waals surface area contributed by atoms with Gasteiger partial charge < -0.3 is 0 Å². The third-order valence-corrected chi connectivity index (χ3v) is 1.87. The van der Waals surface area contributed by atoms with Gasteiger partial charge in [0, 0.05) is 17.7 Å². The number of nitrogens with zero attached hydrogens (tertiary/aromatic N) is 4. The molecule has 0 bridgehead atoms. The Balaban J connectivity index is 2.76. The van der Waals surface area contributed by atoms with Crippen LogP contribution in [0.25, 0.3) is 16.5 Å². The number of azide groups is 1. The molecular formula is C8H6Cl2N4. The first kappa shape index (κ1) is 10.9. The number of hydrogen-bond acceptors (Lipinski definition) is 2. The van der Waals surface area contributed by atoms with Gasteiger partial charge in [0.2, 0.25) is 0 Å². The molecule has 0 aromatic carbocycles. The van der Waals surface area contributed by atoms with E-state index in [0.29, 0.717) is 15.7 Å². The molecule has 0 radical (unpaired) electrons. The van der Waals surface area contributed by atoms with Crippen LogP contribution in [-0.2, 0) is 0 Å². The van der Waals surface area contributed by atoms with Crippen LogP contribution in [0.4, 0.5) is 0 Å². The topological polar surface area (TPSA) is 61.7 Å². The highest BCUT2D eigenvalue weighted by atomic mass is 35.5. The van der Waals surface area contributed by atoms with Crippen molar-refractivity contribution in [1.29, 1.82) is 0 Å². The maximum Gasteiger partial charge on any atom is 0.0813 e. The summed E-state index contributed by atoms with van der Waals surface area (Å²) in [6, 6.07) is 1.60. The first-order valence-electron chi connectivity index (χ1n) is 3.72. The lowest BCUT2D eigenvalue weighted by Gasteiger charge is -1.96. The second-order valence-electron chi connectivity index (χ2n) is 2.34. The van der Waals surface area contributed by atoms with Gasteiger partial charge in [-0.05, 0) is 17.7 Å². The predicted molar refractivity (Wildman–Crippen MR) is 57.3 cm³/mol. The molecule has 0 amide bonds. The molecule has 1 heterocycles. The van der Waals surface area contributed by atoms with Crippen molar-refractivity contribution in [2.75, 3.05) is 6.54 Å². The van der Waals surface area contributed by atoms with Gasteiger partial charge in [-0.25, -0.2) is 0 Å². The van der Waals surface area contributed by atoms with E-state index in [4.69, 9.17) is 28.7 Å². The molecule has 14 heavy (non-hydrogen) atoms. The van der Waals surface area contributed by atoms with Crippen LogP contribution >= 0.6 is 23.2 Å². The van der Waals surface area contributed by atoms with Crippen LogP contribution in [0, 0.1) is 0 Å². The Morgan fingerprint density at radius 3 is 3.00 bits per heavy atom. The SMILES string of the molecule is [N-]=[N+]=NCC=Cc1ncc(Cl)cc1Cl. The average molecular weight is 229 g/mol. The highest BCUT2D eigenvalue weighted by molar-refractivity contribution is 6.35. The normalized spacial score (nSPS) is 10.1. The van der Waals surface area contributed by atoms with Crippen LogP contribution in [0.3, 0.4) is 0 Å². The Hall–Kier alpha value is -1.22. The van der Waals surface area contributed by atoms with E-state index in [2.05, 4.69) is 15.0 Å². The minimum Gasteiger partial charge on any atom is -0.254 e. The quantitative estimate of drug-likeness (QED) is 0.442. The van der Waals surface area contributed by atoms with Crippen LogP contribution in [0.1, 0.15) is 5.69 Å². The Kier molecular flexibility index (Phi) is 4.26. The third-order valence-electron chi connectivity index (χ3n) is 1.36. The molecule has 0 saturated carbocycles. The summed E-state index contributed by atoms with van der Waals surface area (Å²) >= 11 is 11.5. The molecule has 0 aliphatic carbocycles. The van der Waals surface area contributed by atoms with Crippen molar-refractivity contribution in [3.63, 3.8) is 0 Å². The van der Waals surface area contributed by atoms with E-state index in [-0.39, 0.29) is 6.54 Å². The monoisotopic (exact) mass is 228 g/mol. The Morgan fingerprint density at radius 2 is 2.36 bits per heavy atom. The van der Waals surface area contributed by atoms with E-state index in [1.165, 1.54) is 6.20 Å². The second kappa shape index (κ2) is 5.50. The molecule has 1 aromatic rings. The van der Waals surface area contributed by atoms with Crippen LogP contribution in [0.15, 0.2) is 23.5 Å². The van der Waals surface area contributed by atoms with Gasteiger partial charge in [0.15, 0.2) is 0 Å². The zero-order chi connectivity index (χ0) is 10.4. The maximum atomic E-state index is 8.02. The number of halogens is 2. The first-order chi connectivity index (χ1) is 6.74. The van der Waals surface area contributed by atoms with Crippen molar-refractivity contribution in [3.05, 3.63) is 44.5 Å². The summed E-state index contributed by atoms with van der Waals surface area (Å²) < 4.78 is 0. The van der Waals surface area contributed by atoms with E-state index < -0.39 is 0 Å².